The quantitative estimate of drug-likeness (QED) is 0.731. The number of sulfonamides is 1. The molecule has 0 heterocycles. The van der Waals surface area contributed by atoms with E-state index in [4.69, 9.17) is 5.14 Å². The number of hydrogen-bond donors (Lipinski definition) is 2. The van der Waals surface area contributed by atoms with Gasteiger partial charge in [-0.25, -0.2) is 22.0 Å². The second-order valence-electron chi connectivity index (χ2n) is 4.08. The van der Waals surface area contributed by atoms with Gasteiger partial charge >= 0.3 is 0 Å². The number of nitrogens with two attached hydrogens (primary N) is 1. The lowest BCUT2D eigenvalue weighted by molar-refractivity contribution is 0.0956. The lowest BCUT2D eigenvalue weighted by Crippen LogP contribution is -2.29. The Labute approximate surface area is 125 Å². The van der Waals surface area contributed by atoms with Crippen LogP contribution in [0.4, 0.5) is 0 Å². The first-order valence-corrected chi connectivity index (χ1v) is 9.69. The highest BCUT2D eigenvalue weighted by molar-refractivity contribution is 9.10. The van der Waals surface area contributed by atoms with Crippen LogP contribution in [0.1, 0.15) is 10.4 Å². The van der Waals surface area contributed by atoms with Gasteiger partial charge in [-0.05, 0) is 34.1 Å². The molecule has 1 rings (SSSR count). The Hall–Kier alpha value is -0.970. The second-order valence-corrected chi connectivity index (χ2v) is 8.72. The van der Waals surface area contributed by atoms with Crippen molar-refractivity contribution >= 4 is 41.7 Å². The van der Waals surface area contributed by atoms with Crippen molar-refractivity contribution in [3.8, 4) is 0 Å². The predicted octanol–water partition coefficient (Wildman–Crippen LogP) is -0.129. The molecular formula is C10H13BrN2O5S2. The molecule has 0 spiro atoms. The molecular weight excluding hydrogens is 372 g/mol. The Morgan fingerprint density at radius 2 is 1.90 bits per heavy atom. The Kier molecular flexibility index (Phi) is 5.30. The van der Waals surface area contributed by atoms with Crippen molar-refractivity contribution < 1.29 is 21.6 Å². The van der Waals surface area contributed by atoms with Crippen molar-refractivity contribution in [2.75, 3.05) is 18.6 Å². The minimum Gasteiger partial charge on any atom is -0.351 e. The van der Waals surface area contributed by atoms with Crippen LogP contribution in [0.2, 0.25) is 0 Å². The summed E-state index contributed by atoms with van der Waals surface area (Å²) in [5.41, 5.74) is 0.0747. The van der Waals surface area contributed by atoms with Crippen molar-refractivity contribution in [2.45, 2.75) is 4.90 Å². The fourth-order valence-electron chi connectivity index (χ4n) is 1.31. The molecule has 0 aliphatic carbocycles. The number of carbonyl (C=O) groups excluding carboxylic acids is 1. The lowest BCUT2D eigenvalue weighted by Gasteiger charge is -2.07. The zero-order valence-corrected chi connectivity index (χ0v) is 13.7. The normalized spacial score (nSPS) is 12.2. The summed E-state index contributed by atoms with van der Waals surface area (Å²) >= 11 is 3.02. The molecule has 0 aliphatic rings. The minimum absolute atomic E-state index is 0.0571. The molecule has 1 aromatic rings. The zero-order chi connectivity index (χ0) is 15.6. The minimum atomic E-state index is -3.96. The average Bonchev–Trinajstić information content (AvgIpc) is 2.26. The van der Waals surface area contributed by atoms with Gasteiger partial charge in [-0.3, -0.25) is 4.79 Å². The van der Waals surface area contributed by atoms with Gasteiger partial charge in [-0.2, -0.15) is 0 Å². The van der Waals surface area contributed by atoms with Gasteiger partial charge in [0.1, 0.15) is 9.84 Å². The monoisotopic (exact) mass is 384 g/mol. The van der Waals surface area contributed by atoms with Crippen LogP contribution in [0.3, 0.4) is 0 Å². The fourth-order valence-corrected chi connectivity index (χ4v) is 3.34. The third-order valence-corrected chi connectivity index (χ3v) is 5.11. The molecule has 20 heavy (non-hydrogen) atoms. The first kappa shape index (κ1) is 17.1. The van der Waals surface area contributed by atoms with E-state index in [9.17, 15) is 21.6 Å². The number of sulfone groups is 1. The predicted molar refractivity (Wildman–Crippen MR) is 77.6 cm³/mol. The van der Waals surface area contributed by atoms with Crippen molar-refractivity contribution in [1.29, 1.82) is 0 Å². The topological polar surface area (TPSA) is 123 Å². The first-order chi connectivity index (χ1) is 9.00. The summed E-state index contributed by atoms with van der Waals surface area (Å²) in [5.74, 6) is -0.775. The number of carbonyl (C=O) groups is 1. The Bertz CT molecular complexity index is 728. The first-order valence-electron chi connectivity index (χ1n) is 5.29. The largest absolute Gasteiger partial charge is 0.351 e. The summed E-state index contributed by atoms with van der Waals surface area (Å²) in [6.07, 6.45) is 1.05. The van der Waals surface area contributed by atoms with E-state index < -0.39 is 25.8 Å². The highest BCUT2D eigenvalue weighted by atomic mass is 79.9. The second kappa shape index (κ2) is 6.20. The van der Waals surface area contributed by atoms with E-state index in [1.165, 1.54) is 12.1 Å². The van der Waals surface area contributed by atoms with E-state index >= 15 is 0 Å². The summed E-state index contributed by atoms with van der Waals surface area (Å²) in [4.78, 5) is 11.5. The number of hydrogen-bond acceptors (Lipinski definition) is 5. The van der Waals surface area contributed by atoms with Gasteiger partial charge in [0.15, 0.2) is 0 Å². The molecule has 0 saturated heterocycles. The molecule has 0 atom stereocenters. The zero-order valence-electron chi connectivity index (χ0n) is 10.5. The van der Waals surface area contributed by atoms with Crippen LogP contribution in [-0.2, 0) is 19.9 Å². The summed E-state index contributed by atoms with van der Waals surface area (Å²) in [6, 6.07) is 3.90. The van der Waals surface area contributed by atoms with Crippen molar-refractivity contribution in [3.05, 3.63) is 28.2 Å². The molecule has 112 valence electrons. The number of primary sulfonamides is 1. The Morgan fingerprint density at radius 3 is 2.40 bits per heavy atom. The molecule has 0 saturated carbocycles. The highest BCUT2D eigenvalue weighted by Crippen LogP contribution is 2.21. The van der Waals surface area contributed by atoms with Crippen molar-refractivity contribution in [3.63, 3.8) is 0 Å². The summed E-state index contributed by atoms with van der Waals surface area (Å²) in [5, 5.41) is 7.40. The maximum absolute atomic E-state index is 11.8. The molecule has 1 amide bonds. The lowest BCUT2D eigenvalue weighted by atomic mass is 10.2. The molecule has 1 aromatic carbocycles. The van der Waals surface area contributed by atoms with Gasteiger partial charge in [-0.15, -0.1) is 0 Å². The number of amides is 1. The highest BCUT2D eigenvalue weighted by Gasteiger charge is 2.16. The standard InChI is InChI=1S/C10H13BrN2O5S2/c1-19(15,16)5-4-13-10(14)7-2-3-8(11)9(6-7)20(12,17)18/h2-3,6H,4-5H2,1H3,(H,13,14)(H2,12,17,18). The van der Waals surface area contributed by atoms with Crippen LogP contribution in [0, 0.1) is 0 Å². The van der Waals surface area contributed by atoms with E-state index in [0.717, 1.165) is 12.3 Å². The number of rotatable bonds is 5. The SMILES string of the molecule is CS(=O)(=O)CCNC(=O)c1ccc(Br)c(S(N)(=O)=O)c1. The number of nitrogens with one attached hydrogen (secondary N) is 1. The van der Waals surface area contributed by atoms with Crippen molar-refractivity contribution in [2.24, 2.45) is 5.14 Å². The molecule has 0 fully saturated rings. The van der Waals surface area contributed by atoms with Crippen LogP contribution in [0.15, 0.2) is 27.6 Å². The third-order valence-electron chi connectivity index (χ3n) is 2.26. The van der Waals surface area contributed by atoms with Crippen LogP contribution in [0.25, 0.3) is 0 Å². The Morgan fingerprint density at radius 1 is 1.30 bits per heavy atom. The Balaban J connectivity index is 2.90. The van der Waals surface area contributed by atoms with E-state index in [1.54, 1.807) is 0 Å². The summed E-state index contributed by atoms with van der Waals surface area (Å²) in [6.45, 7) is -0.0571. The van der Waals surface area contributed by atoms with Gasteiger partial charge in [0, 0.05) is 22.8 Å². The third kappa shape index (κ3) is 5.19. The van der Waals surface area contributed by atoms with Gasteiger partial charge in [0.05, 0.1) is 10.6 Å². The van der Waals surface area contributed by atoms with E-state index in [1.807, 2.05) is 0 Å². The van der Waals surface area contributed by atoms with Gasteiger partial charge in [-0.1, -0.05) is 0 Å². The molecule has 0 radical (unpaired) electrons. The van der Waals surface area contributed by atoms with Gasteiger partial charge < -0.3 is 5.32 Å². The molecule has 3 N–H and O–H groups in total. The van der Waals surface area contributed by atoms with Crippen LogP contribution < -0.4 is 10.5 Å². The molecule has 0 unspecified atom stereocenters. The molecule has 10 heteroatoms. The number of benzene rings is 1. The van der Waals surface area contributed by atoms with E-state index in [-0.39, 0.29) is 27.2 Å². The van der Waals surface area contributed by atoms with Crippen LogP contribution >= 0.6 is 15.9 Å². The summed E-state index contributed by atoms with van der Waals surface area (Å²) in [7, 11) is -7.13. The van der Waals surface area contributed by atoms with Gasteiger partial charge in [0.25, 0.3) is 5.91 Å². The van der Waals surface area contributed by atoms with Crippen LogP contribution in [-0.4, -0.2) is 41.3 Å². The van der Waals surface area contributed by atoms with E-state index in [0.29, 0.717) is 0 Å². The van der Waals surface area contributed by atoms with Crippen LogP contribution in [0.5, 0.6) is 0 Å². The smallest absolute Gasteiger partial charge is 0.251 e. The van der Waals surface area contributed by atoms with E-state index in [2.05, 4.69) is 21.2 Å². The molecule has 0 bridgehead atoms. The average molecular weight is 385 g/mol. The maximum Gasteiger partial charge on any atom is 0.251 e. The molecule has 0 aromatic heterocycles. The molecule has 0 aliphatic heterocycles. The molecule has 7 nitrogen and oxygen atoms in total. The number of halogens is 1. The van der Waals surface area contributed by atoms with Crippen molar-refractivity contribution in [1.82, 2.24) is 5.32 Å². The fraction of sp³-hybridized carbons (Fsp3) is 0.300. The maximum atomic E-state index is 11.8. The van der Waals surface area contributed by atoms with Gasteiger partial charge in [0.2, 0.25) is 10.0 Å². The summed E-state index contributed by atoms with van der Waals surface area (Å²) < 4.78 is 44.7.